The van der Waals surface area contributed by atoms with E-state index in [1.54, 1.807) is 0 Å². The predicted octanol–water partition coefficient (Wildman–Crippen LogP) is 0.392. The molecule has 0 aromatic carbocycles. The van der Waals surface area contributed by atoms with E-state index < -0.39 is 6.67 Å². The average molecular weight is 158 g/mol. The van der Waals surface area contributed by atoms with Gasteiger partial charge in [-0.05, 0) is 6.42 Å². The third-order valence-corrected chi connectivity index (χ3v) is 1.50. The Hall–Kier alpha value is -1.13. The molecule has 11 heavy (non-hydrogen) atoms. The summed E-state index contributed by atoms with van der Waals surface area (Å²) < 4.78 is 13.4. The second-order valence-electron chi connectivity index (χ2n) is 2.19. The topological polar surface area (TPSA) is 56.7 Å². The lowest BCUT2D eigenvalue weighted by molar-refractivity contribution is 0.415. The first-order valence-electron chi connectivity index (χ1n) is 3.53. The van der Waals surface area contributed by atoms with Crippen molar-refractivity contribution in [2.24, 2.45) is 0 Å². The Kier molecular flexibility index (Phi) is 2.40. The van der Waals surface area contributed by atoms with Crippen LogP contribution >= 0.6 is 0 Å². The Bertz CT molecular complexity index is 232. The van der Waals surface area contributed by atoms with Gasteiger partial charge < -0.3 is 5.73 Å². The van der Waals surface area contributed by atoms with Crippen molar-refractivity contribution in [1.82, 2.24) is 15.0 Å². The predicted molar refractivity (Wildman–Crippen MR) is 39.8 cm³/mol. The van der Waals surface area contributed by atoms with E-state index in [9.17, 15) is 4.39 Å². The molecule has 0 amide bonds. The molecule has 0 aliphatic heterocycles. The van der Waals surface area contributed by atoms with E-state index in [0.717, 1.165) is 12.1 Å². The number of nitrogens with two attached hydrogens (primary N) is 1. The fourth-order valence-electron chi connectivity index (χ4n) is 0.969. The van der Waals surface area contributed by atoms with Gasteiger partial charge in [-0.15, -0.1) is 5.10 Å². The van der Waals surface area contributed by atoms with Crippen LogP contribution in [0.25, 0.3) is 0 Å². The highest BCUT2D eigenvalue weighted by atomic mass is 19.1. The highest BCUT2D eigenvalue weighted by Crippen LogP contribution is 2.06. The standard InChI is InChI=1S/C6H11FN4/c1-2-5-6(8)9-10-11(5)4-3-7/h2-4,8H2,1H3. The zero-order valence-electron chi connectivity index (χ0n) is 6.42. The van der Waals surface area contributed by atoms with Crippen LogP contribution in [0.4, 0.5) is 10.2 Å². The second kappa shape index (κ2) is 3.32. The molecule has 1 heterocycles. The number of halogens is 1. The van der Waals surface area contributed by atoms with Gasteiger partial charge in [0.1, 0.15) is 6.67 Å². The molecule has 1 aromatic heterocycles. The molecule has 0 saturated heterocycles. The van der Waals surface area contributed by atoms with Gasteiger partial charge >= 0.3 is 0 Å². The molecule has 0 aliphatic carbocycles. The fourth-order valence-corrected chi connectivity index (χ4v) is 0.969. The Balaban J connectivity index is 2.86. The number of hydrogen-bond acceptors (Lipinski definition) is 3. The van der Waals surface area contributed by atoms with E-state index in [0.29, 0.717) is 5.82 Å². The summed E-state index contributed by atoms with van der Waals surface area (Å²) in [6.45, 7) is 1.74. The number of hydrogen-bond donors (Lipinski definition) is 1. The number of alkyl halides is 1. The number of aromatic nitrogens is 3. The van der Waals surface area contributed by atoms with E-state index >= 15 is 0 Å². The Morgan fingerprint density at radius 3 is 2.91 bits per heavy atom. The van der Waals surface area contributed by atoms with E-state index in [2.05, 4.69) is 10.3 Å². The Labute approximate surface area is 64.2 Å². The van der Waals surface area contributed by atoms with Crippen molar-refractivity contribution in [1.29, 1.82) is 0 Å². The summed E-state index contributed by atoms with van der Waals surface area (Å²) in [4.78, 5) is 0. The molecule has 0 spiro atoms. The molecule has 0 saturated carbocycles. The molecule has 1 aromatic rings. The molecular formula is C6H11FN4. The van der Waals surface area contributed by atoms with Crippen LogP contribution < -0.4 is 5.73 Å². The van der Waals surface area contributed by atoms with Crippen molar-refractivity contribution in [2.75, 3.05) is 12.4 Å². The lowest BCUT2D eigenvalue weighted by Gasteiger charge is -1.99. The lowest BCUT2D eigenvalue weighted by atomic mass is 10.3. The number of nitrogens with zero attached hydrogens (tertiary/aromatic N) is 3. The lowest BCUT2D eigenvalue weighted by Crippen LogP contribution is -2.06. The number of nitrogen functional groups attached to an aromatic ring is 1. The van der Waals surface area contributed by atoms with Crippen LogP contribution in [0.2, 0.25) is 0 Å². The van der Waals surface area contributed by atoms with Gasteiger partial charge in [-0.25, -0.2) is 9.07 Å². The first-order chi connectivity index (χ1) is 5.29. The number of aryl methyl sites for hydroxylation is 1. The normalized spacial score (nSPS) is 10.4. The van der Waals surface area contributed by atoms with Crippen molar-refractivity contribution in [3.05, 3.63) is 5.69 Å². The molecule has 0 bridgehead atoms. The van der Waals surface area contributed by atoms with Crippen molar-refractivity contribution in [3.8, 4) is 0 Å². The molecule has 0 fully saturated rings. The van der Waals surface area contributed by atoms with Gasteiger partial charge in [0, 0.05) is 0 Å². The molecular weight excluding hydrogens is 147 g/mol. The second-order valence-corrected chi connectivity index (χ2v) is 2.19. The minimum atomic E-state index is -0.435. The summed E-state index contributed by atoms with van der Waals surface area (Å²) in [5, 5.41) is 7.31. The van der Waals surface area contributed by atoms with E-state index in [1.807, 2.05) is 6.92 Å². The van der Waals surface area contributed by atoms with Gasteiger partial charge in [0.2, 0.25) is 0 Å². The zero-order chi connectivity index (χ0) is 8.27. The fraction of sp³-hybridized carbons (Fsp3) is 0.667. The minimum Gasteiger partial charge on any atom is -0.381 e. The van der Waals surface area contributed by atoms with Crippen molar-refractivity contribution in [2.45, 2.75) is 19.9 Å². The maximum absolute atomic E-state index is 11.9. The van der Waals surface area contributed by atoms with Crippen LogP contribution in [0.3, 0.4) is 0 Å². The SMILES string of the molecule is CCc1c(N)nnn1CCF. The van der Waals surface area contributed by atoms with Gasteiger partial charge in [0.05, 0.1) is 12.2 Å². The molecule has 5 heteroatoms. The molecule has 2 N–H and O–H groups in total. The van der Waals surface area contributed by atoms with Crippen molar-refractivity contribution < 1.29 is 4.39 Å². The van der Waals surface area contributed by atoms with Crippen LogP contribution in [-0.4, -0.2) is 21.7 Å². The monoisotopic (exact) mass is 158 g/mol. The zero-order valence-corrected chi connectivity index (χ0v) is 6.42. The Morgan fingerprint density at radius 1 is 1.64 bits per heavy atom. The van der Waals surface area contributed by atoms with E-state index in [4.69, 9.17) is 5.73 Å². The highest BCUT2D eigenvalue weighted by molar-refractivity contribution is 5.32. The largest absolute Gasteiger partial charge is 0.381 e. The Morgan fingerprint density at radius 2 is 2.36 bits per heavy atom. The summed E-state index contributed by atoms with van der Waals surface area (Å²) in [7, 11) is 0. The summed E-state index contributed by atoms with van der Waals surface area (Å²) in [5.41, 5.74) is 6.27. The maximum Gasteiger partial charge on any atom is 0.169 e. The van der Waals surface area contributed by atoms with Crippen LogP contribution in [0.15, 0.2) is 0 Å². The summed E-state index contributed by atoms with van der Waals surface area (Å²) in [6.07, 6.45) is 0.735. The van der Waals surface area contributed by atoms with Gasteiger partial charge in [0.15, 0.2) is 5.82 Å². The third-order valence-electron chi connectivity index (χ3n) is 1.50. The third kappa shape index (κ3) is 1.47. The molecule has 0 aliphatic rings. The smallest absolute Gasteiger partial charge is 0.169 e. The maximum atomic E-state index is 11.9. The van der Waals surface area contributed by atoms with Crippen LogP contribution in [0.5, 0.6) is 0 Å². The molecule has 0 radical (unpaired) electrons. The molecule has 1 rings (SSSR count). The summed E-state index contributed by atoms with van der Waals surface area (Å²) in [6, 6.07) is 0. The van der Waals surface area contributed by atoms with Crippen LogP contribution in [-0.2, 0) is 13.0 Å². The highest BCUT2D eigenvalue weighted by Gasteiger charge is 2.06. The molecule has 0 atom stereocenters. The first kappa shape index (κ1) is 7.97. The summed E-state index contributed by atoms with van der Waals surface area (Å²) >= 11 is 0. The van der Waals surface area contributed by atoms with Crippen molar-refractivity contribution in [3.63, 3.8) is 0 Å². The number of rotatable bonds is 3. The van der Waals surface area contributed by atoms with Gasteiger partial charge in [-0.3, -0.25) is 0 Å². The van der Waals surface area contributed by atoms with Gasteiger partial charge in [-0.2, -0.15) is 0 Å². The first-order valence-corrected chi connectivity index (χ1v) is 3.53. The molecule has 0 unspecified atom stereocenters. The van der Waals surface area contributed by atoms with E-state index in [-0.39, 0.29) is 6.54 Å². The van der Waals surface area contributed by atoms with Gasteiger partial charge in [-0.1, -0.05) is 12.1 Å². The summed E-state index contributed by atoms with van der Waals surface area (Å²) in [5.74, 6) is 0.404. The van der Waals surface area contributed by atoms with Gasteiger partial charge in [0.25, 0.3) is 0 Å². The van der Waals surface area contributed by atoms with Crippen LogP contribution in [0, 0.1) is 0 Å². The van der Waals surface area contributed by atoms with Crippen molar-refractivity contribution >= 4 is 5.82 Å². The molecule has 4 nitrogen and oxygen atoms in total. The quantitative estimate of drug-likeness (QED) is 0.692. The minimum absolute atomic E-state index is 0.243. The van der Waals surface area contributed by atoms with Crippen LogP contribution in [0.1, 0.15) is 12.6 Å². The number of anilines is 1. The van der Waals surface area contributed by atoms with E-state index in [1.165, 1.54) is 4.68 Å². The molecule has 62 valence electrons. The average Bonchev–Trinajstić information content (AvgIpc) is 2.33.